The third-order valence-corrected chi connectivity index (χ3v) is 6.17. The van der Waals surface area contributed by atoms with Gasteiger partial charge in [0.15, 0.2) is 0 Å². The number of piperazine rings is 1. The zero-order valence-electron chi connectivity index (χ0n) is 19.5. The molecular formula is C23H26FN7O4. The van der Waals surface area contributed by atoms with Gasteiger partial charge in [-0.1, -0.05) is 0 Å². The minimum atomic E-state index is -0.557. The van der Waals surface area contributed by atoms with Crippen LogP contribution in [0.1, 0.15) is 6.92 Å². The standard InChI is InChI=1S/C23H26FN7O4/c1-15(32)26-13-17-14-31(23(33)35-17)16-3-4-19(18(24)11-16)28-7-9-29(10-8-28)20-12-21(34-2)30-6-5-25-22(30)27-20/h3-6,11-12,17H,7-10,13-14H2,1-2H3,(H,26,32)/t17-/m0/s1. The second kappa shape index (κ2) is 9.28. The molecule has 2 fully saturated rings. The summed E-state index contributed by atoms with van der Waals surface area (Å²) in [6.07, 6.45) is 2.43. The molecule has 12 heteroatoms. The summed E-state index contributed by atoms with van der Waals surface area (Å²) in [6.45, 7) is 4.36. The number of carbonyl (C=O) groups is 2. The van der Waals surface area contributed by atoms with Crippen LogP contribution in [0.15, 0.2) is 36.7 Å². The molecule has 184 valence electrons. The summed E-state index contributed by atoms with van der Waals surface area (Å²) in [5.74, 6) is 1.35. The molecule has 0 radical (unpaired) electrons. The molecule has 11 nitrogen and oxygen atoms in total. The molecule has 3 aromatic rings. The van der Waals surface area contributed by atoms with Crippen molar-refractivity contribution in [3.05, 3.63) is 42.5 Å². The fraction of sp³-hybridized carbons (Fsp3) is 0.391. The van der Waals surface area contributed by atoms with Crippen molar-refractivity contribution in [3.8, 4) is 5.88 Å². The Balaban J connectivity index is 1.24. The number of nitrogens with zero attached hydrogens (tertiary/aromatic N) is 6. The summed E-state index contributed by atoms with van der Waals surface area (Å²) >= 11 is 0. The molecule has 2 aliphatic heterocycles. The molecule has 1 atom stereocenters. The Morgan fingerprint density at radius 2 is 2.00 bits per heavy atom. The van der Waals surface area contributed by atoms with E-state index in [0.717, 1.165) is 5.82 Å². The maximum absolute atomic E-state index is 15.1. The van der Waals surface area contributed by atoms with Crippen LogP contribution >= 0.6 is 0 Å². The summed E-state index contributed by atoms with van der Waals surface area (Å²) in [7, 11) is 1.61. The Hall–Kier alpha value is -4.09. The number of cyclic esters (lactones) is 1. The van der Waals surface area contributed by atoms with Gasteiger partial charge in [0.05, 0.1) is 31.6 Å². The van der Waals surface area contributed by atoms with Gasteiger partial charge in [0, 0.05) is 51.6 Å². The normalized spacial score (nSPS) is 18.2. The van der Waals surface area contributed by atoms with Gasteiger partial charge in [0.25, 0.3) is 0 Å². The van der Waals surface area contributed by atoms with Crippen LogP contribution in [-0.2, 0) is 9.53 Å². The smallest absolute Gasteiger partial charge is 0.414 e. The first-order valence-electron chi connectivity index (χ1n) is 11.3. The maximum atomic E-state index is 15.1. The number of benzene rings is 1. The summed E-state index contributed by atoms with van der Waals surface area (Å²) in [6, 6.07) is 6.62. The van der Waals surface area contributed by atoms with Gasteiger partial charge in [-0.3, -0.25) is 14.1 Å². The van der Waals surface area contributed by atoms with E-state index in [4.69, 9.17) is 9.47 Å². The summed E-state index contributed by atoms with van der Waals surface area (Å²) in [5, 5.41) is 2.63. The molecule has 35 heavy (non-hydrogen) atoms. The van der Waals surface area contributed by atoms with Crippen molar-refractivity contribution in [2.24, 2.45) is 0 Å². The van der Waals surface area contributed by atoms with Crippen LogP contribution in [0.4, 0.5) is 26.4 Å². The SMILES string of the molecule is COc1cc(N2CCN(c3ccc(N4C[C@H](CNC(C)=O)OC4=O)cc3F)CC2)nc2nccn12. The molecule has 2 aromatic heterocycles. The summed E-state index contributed by atoms with van der Waals surface area (Å²) in [4.78, 5) is 37.7. The van der Waals surface area contributed by atoms with Crippen molar-refractivity contribution in [3.63, 3.8) is 0 Å². The maximum Gasteiger partial charge on any atom is 0.414 e. The Labute approximate surface area is 201 Å². The lowest BCUT2D eigenvalue weighted by molar-refractivity contribution is -0.119. The topological polar surface area (TPSA) is 105 Å². The Kier molecular flexibility index (Phi) is 6.01. The third-order valence-electron chi connectivity index (χ3n) is 6.17. The first-order chi connectivity index (χ1) is 16.9. The predicted octanol–water partition coefficient (Wildman–Crippen LogP) is 1.66. The average Bonchev–Trinajstić information content (AvgIpc) is 3.48. The van der Waals surface area contributed by atoms with E-state index < -0.39 is 18.0 Å². The number of nitrogens with one attached hydrogen (secondary N) is 1. The summed E-state index contributed by atoms with van der Waals surface area (Å²) < 4.78 is 27.6. The number of imidazole rings is 1. The Morgan fingerprint density at radius 1 is 1.23 bits per heavy atom. The van der Waals surface area contributed by atoms with Crippen molar-refractivity contribution in [1.29, 1.82) is 0 Å². The van der Waals surface area contributed by atoms with E-state index in [2.05, 4.69) is 20.2 Å². The number of hydrogen-bond donors (Lipinski definition) is 1. The number of halogens is 1. The van der Waals surface area contributed by atoms with E-state index in [1.807, 2.05) is 11.0 Å². The van der Waals surface area contributed by atoms with Gasteiger partial charge in [-0.2, -0.15) is 4.98 Å². The molecule has 0 saturated carbocycles. The first kappa shape index (κ1) is 22.7. The van der Waals surface area contributed by atoms with E-state index in [1.54, 1.807) is 36.0 Å². The van der Waals surface area contributed by atoms with Gasteiger partial charge in [-0.25, -0.2) is 14.2 Å². The second-order valence-corrected chi connectivity index (χ2v) is 8.42. The molecule has 2 saturated heterocycles. The van der Waals surface area contributed by atoms with Crippen LogP contribution in [0, 0.1) is 5.82 Å². The Morgan fingerprint density at radius 3 is 2.71 bits per heavy atom. The highest BCUT2D eigenvalue weighted by Crippen LogP contribution is 2.29. The van der Waals surface area contributed by atoms with Crippen LogP contribution in [0.3, 0.4) is 0 Å². The fourth-order valence-corrected chi connectivity index (χ4v) is 4.38. The molecule has 2 aliphatic rings. The second-order valence-electron chi connectivity index (χ2n) is 8.42. The molecular weight excluding hydrogens is 457 g/mol. The minimum Gasteiger partial charge on any atom is -0.482 e. The van der Waals surface area contributed by atoms with Crippen LogP contribution < -0.4 is 24.8 Å². The number of ether oxygens (including phenoxy) is 2. The number of methoxy groups -OCH3 is 1. The van der Waals surface area contributed by atoms with E-state index in [9.17, 15) is 9.59 Å². The molecule has 0 aliphatic carbocycles. The number of rotatable bonds is 6. The highest BCUT2D eigenvalue weighted by molar-refractivity contribution is 5.90. The lowest BCUT2D eigenvalue weighted by Gasteiger charge is -2.37. The fourth-order valence-electron chi connectivity index (χ4n) is 4.38. The van der Waals surface area contributed by atoms with E-state index >= 15 is 4.39 Å². The van der Waals surface area contributed by atoms with Gasteiger partial charge >= 0.3 is 6.09 Å². The van der Waals surface area contributed by atoms with E-state index in [1.165, 1.54) is 17.9 Å². The number of carbonyl (C=O) groups excluding carboxylic acids is 2. The minimum absolute atomic E-state index is 0.202. The number of anilines is 3. The number of hydrogen-bond acceptors (Lipinski definition) is 8. The van der Waals surface area contributed by atoms with Crippen molar-refractivity contribution in [1.82, 2.24) is 19.7 Å². The molecule has 2 amide bonds. The van der Waals surface area contributed by atoms with Gasteiger partial charge in [0.2, 0.25) is 17.6 Å². The lowest BCUT2D eigenvalue weighted by Crippen LogP contribution is -2.47. The zero-order chi connectivity index (χ0) is 24.5. The van der Waals surface area contributed by atoms with Crippen molar-refractivity contribution in [2.45, 2.75) is 13.0 Å². The van der Waals surface area contributed by atoms with Crippen LogP contribution in [0.5, 0.6) is 5.88 Å². The molecule has 1 aromatic carbocycles. The van der Waals surface area contributed by atoms with E-state index in [0.29, 0.717) is 49.2 Å². The average molecular weight is 484 g/mol. The number of aromatic nitrogens is 3. The van der Waals surface area contributed by atoms with Gasteiger partial charge in [-0.15, -0.1) is 0 Å². The van der Waals surface area contributed by atoms with Crippen molar-refractivity contribution >= 4 is 35.0 Å². The molecule has 1 N–H and O–H groups in total. The van der Waals surface area contributed by atoms with Gasteiger partial charge in [0.1, 0.15) is 17.7 Å². The highest BCUT2D eigenvalue weighted by Gasteiger charge is 2.33. The monoisotopic (exact) mass is 483 g/mol. The molecule has 5 rings (SSSR count). The lowest BCUT2D eigenvalue weighted by atomic mass is 10.2. The molecule has 0 unspecified atom stereocenters. The first-order valence-corrected chi connectivity index (χ1v) is 11.3. The third kappa shape index (κ3) is 4.51. The number of amides is 2. The molecule has 0 spiro atoms. The van der Waals surface area contributed by atoms with Crippen LogP contribution in [-0.4, -0.2) is 78.9 Å². The molecule has 0 bridgehead atoms. The predicted molar refractivity (Wildman–Crippen MR) is 127 cm³/mol. The zero-order valence-corrected chi connectivity index (χ0v) is 19.5. The largest absolute Gasteiger partial charge is 0.482 e. The van der Waals surface area contributed by atoms with Gasteiger partial charge < -0.3 is 24.6 Å². The van der Waals surface area contributed by atoms with E-state index in [-0.39, 0.29) is 19.0 Å². The Bertz CT molecular complexity index is 1260. The van der Waals surface area contributed by atoms with Crippen molar-refractivity contribution in [2.75, 3.05) is 61.1 Å². The quantitative estimate of drug-likeness (QED) is 0.565. The van der Waals surface area contributed by atoms with Gasteiger partial charge in [-0.05, 0) is 18.2 Å². The van der Waals surface area contributed by atoms with Crippen LogP contribution in [0.25, 0.3) is 5.78 Å². The molecule has 4 heterocycles. The van der Waals surface area contributed by atoms with Crippen molar-refractivity contribution < 1.29 is 23.5 Å². The number of fused-ring (bicyclic) bond motifs is 1. The highest BCUT2D eigenvalue weighted by atomic mass is 19.1. The van der Waals surface area contributed by atoms with Crippen LogP contribution in [0.2, 0.25) is 0 Å². The summed E-state index contributed by atoms with van der Waals surface area (Å²) in [5.41, 5.74) is 0.898.